The van der Waals surface area contributed by atoms with Gasteiger partial charge in [-0.1, -0.05) is 23.4 Å². The van der Waals surface area contributed by atoms with Crippen molar-refractivity contribution in [2.45, 2.75) is 10.9 Å². The summed E-state index contributed by atoms with van der Waals surface area (Å²) in [5.41, 5.74) is 0.432. The Kier molecular flexibility index (Phi) is 4.23. The molecule has 1 aliphatic heterocycles. The zero-order chi connectivity index (χ0) is 14.8. The van der Waals surface area contributed by atoms with Gasteiger partial charge in [0.05, 0.1) is 0 Å². The molecule has 2 aromatic heterocycles. The second-order valence-electron chi connectivity index (χ2n) is 4.35. The van der Waals surface area contributed by atoms with E-state index in [1.54, 1.807) is 36.6 Å². The average Bonchev–Trinajstić information content (AvgIpc) is 3.16. The molecule has 3 heterocycles. The first kappa shape index (κ1) is 14.5. The van der Waals surface area contributed by atoms with Gasteiger partial charge in [-0.15, -0.1) is 0 Å². The molecule has 0 N–H and O–H groups in total. The Bertz CT molecular complexity index is 662. The van der Waals surface area contributed by atoms with Crippen LogP contribution in [-0.2, 0) is 0 Å². The smallest absolute Gasteiger partial charge is 0.266 e. The molecule has 0 fully saturated rings. The Labute approximate surface area is 135 Å². The molecule has 2 atom stereocenters. The lowest BCUT2D eigenvalue weighted by atomic mass is 10.3. The van der Waals surface area contributed by atoms with Crippen molar-refractivity contribution in [2.24, 2.45) is 4.99 Å². The van der Waals surface area contributed by atoms with Crippen LogP contribution >= 0.6 is 34.9 Å². The van der Waals surface area contributed by atoms with Gasteiger partial charge in [0.25, 0.3) is 5.91 Å². The van der Waals surface area contributed by atoms with Gasteiger partial charge in [0.2, 0.25) is 0 Å². The highest BCUT2D eigenvalue weighted by Gasteiger charge is 2.35. The standard InChI is InChI=1S/C13H11ClN4OS2/c1-18(12(19)9-4-6-16-21-9)13-10(14)17-11(20-13)8-3-2-5-15-7-8/h2-7,10,13H,1H3. The molecule has 2 unspecified atom stereocenters. The SMILES string of the molecule is CN(C(=O)c1ccns1)C1SC(c2cccnc2)=NC1Cl. The first-order chi connectivity index (χ1) is 10.2. The zero-order valence-corrected chi connectivity index (χ0v) is 13.4. The van der Waals surface area contributed by atoms with Crippen molar-refractivity contribution in [3.63, 3.8) is 0 Å². The summed E-state index contributed by atoms with van der Waals surface area (Å²) >= 11 is 8.94. The fourth-order valence-corrected chi connectivity index (χ4v) is 4.03. The minimum absolute atomic E-state index is 0.0942. The second kappa shape index (κ2) is 6.13. The normalized spacial score (nSPS) is 21.1. The van der Waals surface area contributed by atoms with Gasteiger partial charge in [-0.2, -0.15) is 0 Å². The largest absolute Gasteiger partial charge is 0.325 e. The van der Waals surface area contributed by atoms with Crippen LogP contribution in [0.15, 0.2) is 41.8 Å². The van der Waals surface area contributed by atoms with Gasteiger partial charge < -0.3 is 4.90 Å². The molecule has 0 aliphatic carbocycles. The molecule has 0 aromatic carbocycles. The fourth-order valence-electron chi connectivity index (χ4n) is 1.89. The van der Waals surface area contributed by atoms with Crippen molar-refractivity contribution in [1.29, 1.82) is 0 Å². The third-order valence-electron chi connectivity index (χ3n) is 2.97. The molecular formula is C13H11ClN4OS2. The fraction of sp³-hybridized carbons (Fsp3) is 0.231. The summed E-state index contributed by atoms with van der Waals surface area (Å²) in [5, 5.41) is 0.563. The number of carbonyl (C=O) groups excluding carboxylic acids is 1. The molecule has 0 saturated heterocycles. The number of amides is 1. The van der Waals surface area contributed by atoms with E-state index in [1.165, 1.54) is 23.3 Å². The van der Waals surface area contributed by atoms with Crippen LogP contribution in [0.5, 0.6) is 0 Å². The number of rotatable bonds is 3. The van der Waals surface area contributed by atoms with E-state index in [0.29, 0.717) is 4.88 Å². The number of pyridine rings is 1. The van der Waals surface area contributed by atoms with Crippen LogP contribution in [0.3, 0.4) is 0 Å². The Morgan fingerprint density at radius 1 is 1.38 bits per heavy atom. The van der Waals surface area contributed by atoms with Crippen LogP contribution in [-0.4, -0.2) is 43.1 Å². The lowest BCUT2D eigenvalue weighted by Crippen LogP contribution is -2.38. The second-order valence-corrected chi connectivity index (χ2v) is 6.74. The quantitative estimate of drug-likeness (QED) is 0.637. The average molecular weight is 339 g/mol. The minimum atomic E-state index is -0.480. The molecule has 0 radical (unpaired) electrons. The van der Waals surface area contributed by atoms with Gasteiger partial charge in [-0.25, -0.2) is 4.37 Å². The summed E-state index contributed by atoms with van der Waals surface area (Å²) in [6.45, 7) is 0. The maximum Gasteiger partial charge on any atom is 0.266 e. The highest BCUT2D eigenvalue weighted by atomic mass is 35.5. The van der Waals surface area contributed by atoms with Gasteiger partial charge in [-0.3, -0.25) is 14.8 Å². The summed E-state index contributed by atoms with van der Waals surface area (Å²) in [6, 6.07) is 5.48. The zero-order valence-electron chi connectivity index (χ0n) is 11.0. The van der Waals surface area contributed by atoms with E-state index in [-0.39, 0.29) is 11.3 Å². The van der Waals surface area contributed by atoms with E-state index in [1.807, 2.05) is 12.1 Å². The molecule has 0 saturated carbocycles. The highest BCUT2D eigenvalue weighted by Crippen LogP contribution is 2.34. The summed E-state index contributed by atoms with van der Waals surface area (Å²) in [6.07, 6.45) is 5.06. The molecule has 0 bridgehead atoms. The molecular weight excluding hydrogens is 328 g/mol. The number of likely N-dealkylation sites (N-methyl/N-ethyl adjacent to an activating group) is 1. The predicted molar refractivity (Wildman–Crippen MR) is 86.0 cm³/mol. The van der Waals surface area contributed by atoms with E-state index in [9.17, 15) is 4.79 Å². The monoisotopic (exact) mass is 338 g/mol. The van der Waals surface area contributed by atoms with Gasteiger partial charge in [-0.05, 0) is 29.7 Å². The number of halogens is 1. The van der Waals surface area contributed by atoms with E-state index in [4.69, 9.17) is 11.6 Å². The van der Waals surface area contributed by atoms with E-state index >= 15 is 0 Å². The molecule has 1 amide bonds. The lowest BCUT2D eigenvalue weighted by molar-refractivity contribution is 0.0785. The van der Waals surface area contributed by atoms with Crippen LogP contribution in [0.25, 0.3) is 0 Å². The molecule has 2 aromatic rings. The number of aromatic nitrogens is 2. The maximum atomic E-state index is 12.3. The minimum Gasteiger partial charge on any atom is -0.325 e. The van der Waals surface area contributed by atoms with Crippen molar-refractivity contribution in [2.75, 3.05) is 7.05 Å². The van der Waals surface area contributed by atoms with Crippen LogP contribution < -0.4 is 0 Å². The first-order valence-corrected chi connectivity index (χ1v) is 8.22. The Balaban J connectivity index is 1.75. The summed E-state index contributed by atoms with van der Waals surface area (Å²) in [5.74, 6) is -0.0942. The highest BCUT2D eigenvalue weighted by molar-refractivity contribution is 8.15. The number of hydrogen-bond acceptors (Lipinski definition) is 6. The van der Waals surface area contributed by atoms with Crippen molar-refractivity contribution < 1.29 is 4.79 Å². The first-order valence-electron chi connectivity index (χ1n) is 6.13. The van der Waals surface area contributed by atoms with Crippen LogP contribution in [0.4, 0.5) is 0 Å². The number of aliphatic imine (C=N–C) groups is 1. The van der Waals surface area contributed by atoms with Crippen LogP contribution in [0.1, 0.15) is 15.2 Å². The van der Waals surface area contributed by atoms with Gasteiger partial charge in [0.15, 0.2) is 5.50 Å². The van der Waals surface area contributed by atoms with Crippen molar-refractivity contribution in [3.05, 3.63) is 47.2 Å². The maximum absolute atomic E-state index is 12.3. The Morgan fingerprint density at radius 2 is 2.24 bits per heavy atom. The predicted octanol–water partition coefficient (Wildman–Crippen LogP) is 2.69. The molecule has 108 valence electrons. The van der Waals surface area contributed by atoms with Crippen molar-refractivity contribution in [3.8, 4) is 0 Å². The summed E-state index contributed by atoms with van der Waals surface area (Å²) in [4.78, 5) is 23.1. The third-order valence-corrected chi connectivity index (χ3v) is 5.57. The van der Waals surface area contributed by atoms with Crippen LogP contribution in [0, 0.1) is 0 Å². The summed E-state index contributed by atoms with van der Waals surface area (Å²) < 4.78 is 3.95. The Morgan fingerprint density at radius 3 is 2.90 bits per heavy atom. The van der Waals surface area contributed by atoms with Gasteiger partial charge in [0.1, 0.15) is 15.3 Å². The lowest BCUT2D eigenvalue weighted by Gasteiger charge is -2.24. The molecule has 8 heteroatoms. The molecule has 1 aliphatic rings. The number of nitrogens with zero attached hydrogens (tertiary/aromatic N) is 4. The molecule has 0 spiro atoms. The molecule has 5 nitrogen and oxygen atoms in total. The van der Waals surface area contributed by atoms with E-state index in [2.05, 4.69) is 14.3 Å². The third kappa shape index (κ3) is 2.95. The van der Waals surface area contributed by atoms with Crippen molar-refractivity contribution >= 4 is 45.8 Å². The topological polar surface area (TPSA) is 58.5 Å². The van der Waals surface area contributed by atoms with Crippen LogP contribution in [0.2, 0.25) is 0 Å². The number of thioether (sulfide) groups is 1. The molecule has 21 heavy (non-hydrogen) atoms. The summed E-state index contributed by atoms with van der Waals surface area (Å²) in [7, 11) is 1.73. The van der Waals surface area contributed by atoms with Gasteiger partial charge >= 0.3 is 0 Å². The number of hydrogen-bond donors (Lipinski definition) is 0. The molecule has 3 rings (SSSR count). The van der Waals surface area contributed by atoms with E-state index in [0.717, 1.165) is 10.6 Å². The number of carbonyl (C=O) groups is 1. The van der Waals surface area contributed by atoms with Gasteiger partial charge in [0, 0.05) is 31.2 Å². The van der Waals surface area contributed by atoms with Crippen molar-refractivity contribution in [1.82, 2.24) is 14.3 Å². The Hall–Kier alpha value is -1.44. The number of alkyl halides is 1. The van der Waals surface area contributed by atoms with E-state index < -0.39 is 5.50 Å².